The van der Waals surface area contributed by atoms with E-state index in [2.05, 4.69) is 13.8 Å². The molecule has 1 aliphatic carbocycles. The monoisotopic (exact) mass is 171 g/mol. The van der Waals surface area contributed by atoms with Gasteiger partial charge < -0.3 is 5.73 Å². The van der Waals surface area contributed by atoms with Crippen LogP contribution >= 0.6 is 0 Å². The van der Waals surface area contributed by atoms with Crippen molar-refractivity contribution in [2.45, 2.75) is 59.4 Å². The third-order valence-corrected chi connectivity index (χ3v) is 2.49. The molecule has 1 rings (SSSR count). The lowest BCUT2D eigenvalue weighted by Crippen LogP contribution is -2.25. The fraction of sp³-hybridized carbons (Fsp3) is 1.00. The van der Waals surface area contributed by atoms with E-state index in [1.165, 1.54) is 25.7 Å². The van der Waals surface area contributed by atoms with Gasteiger partial charge in [0.25, 0.3) is 0 Å². The first-order valence-electron chi connectivity index (χ1n) is 5.45. The molecule has 1 unspecified atom stereocenters. The molecule has 0 spiro atoms. The first-order valence-corrected chi connectivity index (χ1v) is 5.45. The Balaban J connectivity index is 0.000000561. The standard InChI is InChI=1S/C9H19N.C2H6/c1-7(2)6-8-4-3-5-9(8)10;1-2/h7-9H,3-6,10H2,1-2H3;1-2H3/t8?,9-;/m1./s1. The third kappa shape index (κ3) is 4.10. The maximum Gasteiger partial charge on any atom is 0.00672 e. The minimum Gasteiger partial charge on any atom is -0.327 e. The fourth-order valence-corrected chi connectivity index (χ4v) is 1.96. The summed E-state index contributed by atoms with van der Waals surface area (Å²) in [5, 5.41) is 0. The van der Waals surface area contributed by atoms with Gasteiger partial charge in [0, 0.05) is 6.04 Å². The van der Waals surface area contributed by atoms with Crippen LogP contribution in [-0.4, -0.2) is 6.04 Å². The van der Waals surface area contributed by atoms with Gasteiger partial charge in [-0.25, -0.2) is 0 Å². The van der Waals surface area contributed by atoms with Crippen LogP contribution in [0.25, 0.3) is 0 Å². The highest BCUT2D eigenvalue weighted by molar-refractivity contribution is 4.80. The lowest BCUT2D eigenvalue weighted by molar-refractivity contribution is 0.383. The highest BCUT2D eigenvalue weighted by Gasteiger charge is 2.23. The number of rotatable bonds is 2. The lowest BCUT2D eigenvalue weighted by atomic mass is 9.93. The molecule has 0 aromatic heterocycles. The van der Waals surface area contributed by atoms with E-state index < -0.39 is 0 Å². The van der Waals surface area contributed by atoms with Crippen LogP contribution in [0.5, 0.6) is 0 Å². The van der Waals surface area contributed by atoms with Crippen molar-refractivity contribution in [2.24, 2.45) is 17.6 Å². The molecular weight excluding hydrogens is 146 g/mol. The lowest BCUT2D eigenvalue weighted by Gasteiger charge is -2.16. The first kappa shape index (κ1) is 12.0. The van der Waals surface area contributed by atoms with Crippen LogP contribution in [0.3, 0.4) is 0 Å². The van der Waals surface area contributed by atoms with Crippen LogP contribution in [0.1, 0.15) is 53.4 Å². The van der Waals surface area contributed by atoms with E-state index in [1.807, 2.05) is 13.8 Å². The molecule has 12 heavy (non-hydrogen) atoms. The second-order valence-electron chi connectivity index (χ2n) is 3.98. The van der Waals surface area contributed by atoms with Crippen LogP contribution in [0.4, 0.5) is 0 Å². The second kappa shape index (κ2) is 6.47. The first-order chi connectivity index (χ1) is 5.70. The normalized spacial score (nSPS) is 28.5. The van der Waals surface area contributed by atoms with Gasteiger partial charge in [-0.3, -0.25) is 0 Å². The summed E-state index contributed by atoms with van der Waals surface area (Å²) in [7, 11) is 0. The van der Waals surface area contributed by atoms with Gasteiger partial charge >= 0.3 is 0 Å². The van der Waals surface area contributed by atoms with Gasteiger partial charge in [0.15, 0.2) is 0 Å². The Morgan fingerprint density at radius 1 is 1.25 bits per heavy atom. The van der Waals surface area contributed by atoms with Crippen molar-refractivity contribution in [2.75, 3.05) is 0 Å². The third-order valence-electron chi connectivity index (χ3n) is 2.49. The molecule has 0 saturated heterocycles. The topological polar surface area (TPSA) is 26.0 Å². The average molecular weight is 171 g/mol. The molecule has 1 heteroatoms. The molecule has 0 heterocycles. The van der Waals surface area contributed by atoms with Gasteiger partial charge in [-0.2, -0.15) is 0 Å². The van der Waals surface area contributed by atoms with Crippen molar-refractivity contribution in [1.29, 1.82) is 0 Å². The molecule has 0 radical (unpaired) electrons. The number of hydrogen-bond acceptors (Lipinski definition) is 1. The smallest absolute Gasteiger partial charge is 0.00672 e. The van der Waals surface area contributed by atoms with Gasteiger partial charge in [-0.1, -0.05) is 34.1 Å². The quantitative estimate of drug-likeness (QED) is 0.678. The van der Waals surface area contributed by atoms with E-state index >= 15 is 0 Å². The summed E-state index contributed by atoms with van der Waals surface area (Å²) in [4.78, 5) is 0. The Kier molecular flexibility index (Phi) is 6.45. The van der Waals surface area contributed by atoms with E-state index in [-0.39, 0.29) is 0 Å². The molecule has 2 atom stereocenters. The van der Waals surface area contributed by atoms with Crippen molar-refractivity contribution in [3.63, 3.8) is 0 Å². The zero-order chi connectivity index (χ0) is 9.56. The molecule has 1 nitrogen and oxygen atoms in total. The van der Waals surface area contributed by atoms with Gasteiger partial charge in [-0.15, -0.1) is 0 Å². The minimum absolute atomic E-state index is 0.516. The van der Waals surface area contributed by atoms with Crippen LogP contribution in [0.2, 0.25) is 0 Å². The van der Waals surface area contributed by atoms with Crippen LogP contribution in [0, 0.1) is 11.8 Å². The predicted octanol–water partition coefficient (Wildman–Crippen LogP) is 3.19. The molecule has 0 aromatic carbocycles. The Bertz CT molecular complexity index is 99.2. The molecule has 0 amide bonds. The fourth-order valence-electron chi connectivity index (χ4n) is 1.96. The van der Waals surface area contributed by atoms with Gasteiger partial charge in [0.2, 0.25) is 0 Å². The SMILES string of the molecule is CC.CC(C)CC1CCC[C@H]1N. The Labute approximate surface area is 77.7 Å². The average Bonchev–Trinajstić information content (AvgIpc) is 2.40. The van der Waals surface area contributed by atoms with Gasteiger partial charge in [0.05, 0.1) is 0 Å². The Morgan fingerprint density at radius 3 is 2.17 bits per heavy atom. The summed E-state index contributed by atoms with van der Waals surface area (Å²) < 4.78 is 0. The summed E-state index contributed by atoms with van der Waals surface area (Å²) in [6.07, 6.45) is 5.33. The van der Waals surface area contributed by atoms with Gasteiger partial charge in [-0.05, 0) is 31.1 Å². The summed E-state index contributed by atoms with van der Waals surface area (Å²) in [6.45, 7) is 8.57. The Hall–Kier alpha value is -0.0400. The molecule has 2 N–H and O–H groups in total. The molecule has 0 bridgehead atoms. The van der Waals surface area contributed by atoms with Crippen molar-refractivity contribution < 1.29 is 0 Å². The molecular formula is C11H25N. The second-order valence-corrected chi connectivity index (χ2v) is 3.98. The molecule has 1 fully saturated rings. The zero-order valence-corrected chi connectivity index (χ0v) is 9.14. The predicted molar refractivity (Wildman–Crippen MR) is 56.1 cm³/mol. The van der Waals surface area contributed by atoms with Crippen molar-refractivity contribution in [1.82, 2.24) is 0 Å². The minimum atomic E-state index is 0.516. The summed E-state index contributed by atoms with van der Waals surface area (Å²) in [6, 6.07) is 0.516. The van der Waals surface area contributed by atoms with E-state index in [1.54, 1.807) is 0 Å². The van der Waals surface area contributed by atoms with E-state index in [4.69, 9.17) is 5.73 Å². The van der Waals surface area contributed by atoms with Gasteiger partial charge in [0.1, 0.15) is 0 Å². The highest BCUT2D eigenvalue weighted by atomic mass is 14.7. The van der Waals surface area contributed by atoms with Crippen LogP contribution < -0.4 is 5.73 Å². The summed E-state index contributed by atoms with van der Waals surface area (Å²) >= 11 is 0. The molecule has 0 aromatic rings. The zero-order valence-electron chi connectivity index (χ0n) is 9.14. The van der Waals surface area contributed by atoms with Crippen LogP contribution in [-0.2, 0) is 0 Å². The van der Waals surface area contributed by atoms with Crippen LogP contribution in [0.15, 0.2) is 0 Å². The number of hydrogen-bond donors (Lipinski definition) is 1. The summed E-state index contributed by atoms with van der Waals surface area (Å²) in [5.74, 6) is 1.66. The molecule has 74 valence electrons. The van der Waals surface area contributed by atoms with E-state index in [9.17, 15) is 0 Å². The largest absolute Gasteiger partial charge is 0.327 e. The summed E-state index contributed by atoms with van der Waals surface area (Å²) in [5.41, 5.74) is 5.93. The van der Waals surface area contributed by atoms with Crippen molar-refractivity contribution in [3.8, 4) is 0 Å². The highest BCUT2D eigenvalue weighted by Crippen LogP contribution is 2.29. The van der Waals surface area contributed by atoms with Crippen molar-refractivity contribution in [3.05, 3.63) is 0 Å². The number of nitrogens with two attached hydrogens (primary N) is 1. The maximum absolute atomic E-state index is 5.93. The maximum atomic E-state index is 5.93. The molecule has 1 saturated carbocycles. The van der Waals surface area contributed by atoms with E-state index in [0.717, 1.165) is 11.8 Å². The molecule has 0 aliphatic heterocycles. The molecule has 1 aliphatic rings. The van der Waals surface area contributed by atoms with E-state index in [0.29, 0.717) is 6.04 Å². The Morgan fingerprint density at radius 2 is 1.83 bits per heavy atom. The van der Waals surface area contributed by atoms with Crippen molar-refractivity contribution >= 4 is 0 Å².